The number of aliphatic hydroxyl groups excluding tert-OH is 1. The number of aliphatic hydroxyl groups is 1. The van der Waals surface area contributed by atoms with Crippen molar-refractivity contribution in [1.29, 1.82) is 0 Å². The lowest BCUT2D eigenvalue weighted by molar-refractivity contribution is 0.0526. The molecule has 20 heavy (non-hydrogen) atoms. The summed E-state index contributed by atoms with van der Waals surface area (Å²) in [4.78, 5) is 15.5. The summed E-state index contributed by atoms with van der Waals surface area (Å²) in [5.41, 5.74) is 1.19. The minimum Gasteiger partial charge on any atom is -0.462 e. The molecule has 0 radical (unpaired) electrons. The lowest BCUT2D eigenvalue weighted by atomic mass is 10.2. The summed E-state index contributed by atoms with van der Waals surface area (Å²) in [6.07, 6.45) is 1.54. The molecule has 5 heteroatoms. The van der Waals surface area contributed by atoms with Crippen LogP contribution in [0.4, 0.5) is 0 Å². The summed E-state index contributed by atoms with van der Waals surface area (Å²) in [7, 11) is 0. The van der Waals surface area contributed by atoms with Crippen LogP contribution in [-0.2, 0) is 11.3 Å². The van der Waals surface area contributed by atoms with Gasteiger partial charge in [0.05, 0.1) is 18.8 Å². The van der Waals surface area contributed by atoms with E-state index in [0.29, 0.717) is 23.8 Å². The van der Waals surface area contributed by atoms with E-state index in [1.807, 2.05) is 0 Å². The van der Waals surface area contributed by atoms with Crippen molar-refractivity contribution in [3.8, 4) is 11.6 Å². The van der Waals surface area contributed by atoms with E-state index in [9.17, 15) is 4.79 Å². The Morgan fingerprint density at radius 2 is 1.95 bits per heavy atom. The number of hydrogen-bond donors (Lipinski definition) is 1. The highest BCUT2D eigenvalue weighted by atomic mass is 16.5. The van der Waals surface area contributed by atoms with E-state index in [-0.39, 0.29) is 12.6 Å². The molecular weight excluding hydrogens is 258 g/mol. The first-order valence-electron chi connectivity index (χ1n) is 6.23. The second kappa shape index (κ2) is 6.68. The van der Waals surface area contributed by atoms with Gasteiger partial charge >= 0.3 is 5.97 Å². The molecule has 1 heterocycles. The normalized spacial score (nSPS) is 10.1. The first kappa shape index (κ1) is 14.0. The van der Waals surface area contributed by atoms with Crippen LogP contribution >= 0.6 is 0 Å². The fourth-order valence-electron chi connectivity index (χ4n) is 1.56. The quantitative estimate of drug-likeness (QED) is 0.848. The molecule has 0 aliphatic rings. The molecule has 0 aliphatic carbocycles. The number of carbonyl (C=O) groups is 1. The Kier molecular flexibility index (Phi) is 4.68. The fourth-order valence-corrected chi connectivity index (χ4v) is 1.56. The lowest BCUT2D eigenvalue weighted by Crippen LogP contribution is -2.04. The standard InChI is InChI=1S/C15H15NO4/c1-2-19-15(18)12-4-6-13(7-5-12)20-14-8-3-11(10-17)9-16-14/h3-9,17H,2,10H2,1H3. The molecule has 0 amide bonds. The monoisotopic (exact) mass is 273 g/mol. The minimum absolute atomic E-state index is 0.0541. The second-order valence-electron chi connectivity index (χ2n) is 4.01. The average molecular weight is 273 g/mol. The molecule has 1 aromatic heterocycles. The van der Waals surface area contributed by atoms with Crippen molar-refractivity contribution < 1.29 is 19.4 Å². The topological polar surface area (TPSA) is 68.7 Å². The number of hydrogen-bond acceptors (Lipinski definition) is 5. The summed E-state index contributed by atoms with van der Waals surface area (Å²) in [6.45, 7) is 2.05. The van der Waals surface area contributed by atoms with Crippen LogP contribution in [0.15, 0.2) is 42.6 Å². The van der Waals surface area contributed by atoms with Crippen LogP contribution < -0.4 is 4.74 Å². The average Bonchev–Trinajstić information content (AvgIpc) is 2.49. The van der Waals surface area contributed by atoms with E-state index < -0.39 is 0 Å². The smallest absolute Gasteiger partial charge is 0.338 e. The molecule has 0 fully saturated rings. The molecule has 104 valence electrons. The molecule has 0 spiro atoms. The van der Waals surface area contributed by atoms with Gasteiger partial charge in [-0.05, 0) is 42.8 Å². The summed E-state index contributed by atoms with van der Waals surface area (Å²) in [6, 6.07) is 10.0. The first-order valence-corrected chi connectivity index (χ1v) is 6.23. The zero-order valence-electron chi connectivity index (χ0n) is 11.1. The van der Waals surface area contributed by atoms with Gasteiger partial charge in [0, 0.05) is 12.3 Å². The Hall–Kier alpha value is -2.40. The van der Waals surface area contributed by atoms with Crippen molar-refractivity contribution in [3.05, 3.63) is 53.7 Å². The Balaban J connectivity index is 2.04. The third kappa shape index (κ3) is 3.55. The number of benzene rings is 1. The van der Waals surface area contributed by atoms with Crippen molar-refractivity contribution in [1.82, 2.24) is 4.98 Å². The van der Waals surface area contributed by atoms with Gasteiger partial charge in [-0.3, -0.25) is 0 Å². The molecule has 0 saturated carbocycles. The maximum absolute atomic E-state index is 11.5. The van der Waals surface area contributed by atoms with Crippen molar-refractivity contribution in [2.75, 3.05) is 6.61 Å². The largest absolute Gasteiger partial charge is 0.462 e. The summed E-state index contributed by atoms with van der Waals surface area (Å²) in [5, 5.41) is 8.92. The van der Waals surface area contributed by atoms with Crippen LogP contribution in [0.1, 0.15) is 22.8 Å². The zero-order chi connectivity index (χ0) is 14.4. The van der Waals surface area contributed by atoms with Gasteiger partial charge in [0.25, 0.3) is 0 Å². The molecule has 1 aromatic carbocycles. The van der Waals surface area contributed by atoms with Crippen molar-refractivity contribution in [2.45, 2.75) is 13.5 Å². The summed E-state index contributed by atoms with van der Waals surface area (Å²) in [5.74, 6) is 0.637. The van der Waals surface area contributed by atoms with Gasteiger partial charge in [-0.25, -0.2) is 9.78 Å². The molecule has 0 atom stereocenters. The summed E-state index contributed by atoms with van der Waals surface area (Å²) < 4.78 is 10.4. The number of nitrogens with zero attached hydrogens (tertiary/aromatic N) is 1. The Bertz CT molecular complexity index is 563. The van der Waals surface area contributed by atoms with Crippen molar-refractivity contribution in [2.24, 2.45) is 0 Å². The van der Waals surface area contributed by atoms with Crippen LogP contribution in [0.2, 0.25) is 0 Å². The molecule has 0 aliphatic heterocycles. The number of rotatable bonds is 5. The Morgan fingerprint density at radius 1 is 1.20 bits per heavy atom. The number of ether oxygens (including phenoxy) is 2. The maximum atomic E-state index is 11.5. The molecule has 2 rings (SSSR count). The predicted octanol–water partition coefficient (Wildman–Crippen LogP) is 2.54. The van der Waals surface area contributed by atoms with Crippen molar-refractivity contribution >= 4 is 5.97 Å². The number of pyridine rings is 1. The molecule has 0 unspecified atom stereocenters. The molecule has 1 N–H and O–H groups in total. The third-order valence-corrected chi connectivity index (χ3v) is 2.57. The van der Waals surface area contributed by atoms with E-state index in [2.05, 4.69) is 4.98 Å². The van der Waals surface area contributed by atoms with Crippen LogP contribution in [0.3, 0.4) is 0 Å². The van der Waals surface area contributed by atoms with Crippen LogP contribution in [0.5, 0.6) is 11.6 Å². The third-order valence-electron chi connectivity index (χ3n) is 2.57. The Morgan fingerprint density at radius 3 is 2.50 bits per heavy atom. The summed E-state index contributed by atoms with van der Waals surface area (Å²) >= 11 is 0. The molecular formula is C15H15NO4. The van der Waals surface area contributed by atoms with Gasteiger partial charge in [0.2, 0.25) is 5.88 Å². The predicted molar refractivity (Wildman–Crippen MR) is 72.6 cm³/mol. The SMILES string of the molecule is CCOC(=O)c1ccc(Oc2ccc(CO)cn2)cc1. The van der Waals surface area contributed by atoms with Gasteiger partial charge in [-0.2, -0.15) is 0 Å². The molecule has 2 aromatic rings. The van der Waals surface area contributed by atoms with Crippen LogP contribution in [0, 0.1) is 0 Å². The highest BCUT2D eigenvalue weighted by molar-refractivity contribution is 5.89. The number of carbonyl (C=O) groups excluding carboxylic acids is 1. The first-order chi connectivity index (χ1) is 9.72. The van der Waals surface area contributed by atoms with Gasteiger partial charge in [0.1, 0.15) is 5.75 Å². The minimum atomic E-state index is -0.357. The van der Waals surface area contributed by atoms with Crippen LogP contribution in [-0.4, -0.2) is 22.7 Å². The van der Waals surface area contributed by atoms with Crippen molar-refractivity contribution in [3.63, 3.8) is 0 Å². The van der Waals surface area contributed by atoms with Gasteiger partial charge in [-0.1, -0.05) is 0 Å². The van der Waals surface area contributed by atoms with E-state index >= 15 is 0 Å². The maximum Gasteiger partial charge on any atom is 0.338 e. The van der Waals surface area contributed by atoms with Gasteiger partial charge < -0.3 is 14.6 Å². The number of aromatic nitrogens is 1. The van der Waals surface area contributed by atoms with Gasteiger partial charge in [-0.15, -0.1) is 0 Å². The van der Waals surface area contributed by atoms with E-state index in [1.165, 1.54) is 0 Å². The molecule has 5 nitrogen and oxygen atoms in total. The number of esters is 1. The van der Waals surface area contributed by atoms with E-state index in [4.69, 9.17) is 14.6 Å². The second-order valence-corrected chi connectivity index (χ2v) is 4.01. The Labute approximate surface area is 116 Å². The fraction of sp³-hybridized carbons (Fsp3) is 0.200. The zero-order valence-corrected chi connectivity index (χ0v) is 11.1. The van der Waals surface area contributed by atoms with Crippen LogP contribution in [0.25, 0.3) is 0 Å². The molecule has 0 bridgehead atoms. The molecule has 0 saturated heterocycles. The van der Waals surface area contributed by atoms with E-state index in [0.717, 1.165) is 5.56 Å². The van der Waals surface area contributed by atoms with E-state index in [1.54, 1.807) is 49.5 Å². The highest BCUT2D eigenvalue weighted by Gasteiger charge is 2.06. The lowest BCUT2D eigenvalue weighted by Gasteiger charge is -2.06. The highest BCUT2D eigenvalue weighted by Crippen LogP contribution is 2.20. The van der Waals surface area contributed by atoms with Gasteiger partial charge in [0.15, 0.2) is 0 Å².